The Morgan fingerprint density at radius 1 is 1.56 bits per heavy atom. The summed E-state index contributed by atoms with van der Waals surface area (Å²) >= 11 is 2.17. The first-order chi connectivity index (χ1) is 7.61. The minimum Gasteiger partial charge on any atom is -0.244 e. The quantitative estimate of drug-likeness (QED) is 0.489. The van der Waals surface area contributed by atoms with Crippen molar-refractivity contribution in [2.24, 2.45) is 0 Å². The highest BCUT2D eigenvalue weighted by atomic mass is 127. The SMILES string of the molecule is N#Cc1ncccc1S(=O)(=O)NCCCI. The molecule has 1 rings (SSSR count). The lowest BCUT2D eigenvalue weighted by Crippen LogP contribution is -2.26. The van der Waals surface area contributed by atoms with Crippen molar-refractivity contribution >= 4 is 32.6 Å². The van der Waals surface area contributed by atoms with E-state index in [0.717, 1.165) is 10.8 Å². The summed E-state index contributed by atoms with van der Waals surface area (Å²) in [7, 11) is -3.61. The van der Waals surface area contributed by atoms with Gasteiger partial charge in [0.05, 0.1) is 0 Å². The zero-order valence-corrected chi connectivity index (χ0v) is 11.3. The molecule has 0 atom stereocenters. The lowest BCUT2D eigenvalue weighted by Gasteiger charge is -2.06. The predicted octanol–water partition coefficient (Wildman–Crippen LogP) is 1.06. The van der Waals surface area contributed by atoms with Gasteiger partial charge in [0.15, 0.2) is 5.69 Å². The standard InChI is InChI=1S/C9H10IN3O2S/c10-4-2-6-13-16(14,15)9-3-1-5-12-8(9)7-11/h1,3,5,13H,2,4,6H2. The minimum absolute atomic E-state index is 0.0639. The van der Waals surface area contributed by atoms with Gasteiger partial charge < -0.3 is 0 Å². The Hall–Kier alpha value is -0.720. The second-order valence-electron chi connectivity index (χ2n) is 2.90. The number of alkyl halides is 1. The highest BCUT2D eigenvalue weighted by molar-refractivity contribution is 14.1. The molecule has 0 aromatic carbocycles. The Labute approximate surface area is 108 Å². The first-order valence-electron chi connectivity index (χ1n) is 4.52. The van der Waals surface area contributed by atoms with E-state index in [4.69, 9.17) is 5.26 Å². The monoisotopic (exact) mass is 351 g/mol. The topological polar surface area (TPSA) is 82.8 Å². The van der Waals surface area contributed by atoms with Crippen molar-refractivity contribution in [3.63, 3.8) is 0 Å². The van der Waals surface area contributed by atoms with Crippen molar-refractivity contribution in [3.05, 3.63) is 24.0 Å². The van der Waals surface area contributed by atoms with Gasteiger partial charge in [0.1, 0.15) is 11.0 Å². The zero-order valence-electron chi connectivity index (χ0n) is 8.35. The van der Waals surface area contributed by atoms with Crippen LogP contribution in [0.25, 0.3) is 0 Å². The van der Waals surface area contributed by atoms with Crippen LogP contribution in [0, 0.1) is 11.3 Å². The number of halogens is 1. The number of pyridine rings is 1. The molecule has 16 heavy (non-hydrogen) atoms. The van der Waals surface area contributed by atoms with E-state index in [-0.39, 0.29) is 10.6 Å². The third-order valence-electron chi connectivity index (χ3n) is 1.77. The minimum atomic E-state index is -3.61. The summed E-state index contributed by atoms with van der Waals surface area (Å²) in [4.78, 5) is 3.65. The molecular weight excluding hydrogens is 341 g/mol. The van der Waals surface area contributed by atoms with Gasteiger partial charge in [-0.15, -0.1) is 0 Å². The van der Waals surface area contributed by atoms with Crippen molar-refractivity contribution in [3.8, 4) is 6.07 Å². The Bertz CT molecular complexity index is 496. The van der Waals surface area contributed by atoms with E-state index in [0.29, 0.717) is 6.54 Å². The highest BCUT2D eigenvalue weighted by Crippen LogP contribution is 2.11. The molecule has 5 nitrogen and oxygen atoms in total. The molecule has 0 saturated heterocycles. The molecule has 0 aliphatic carbocycles. The van der Waals surface area contributed by atoms with Gasteiger partial charge in [-0.1, -0.05) is 22.6 Å². The summed E-state index contributed by atoms with van der Waals surface area (Å²) in [6.45, 7) is 0.366. The molecule has 0 spiro atoms. The molecule has 1 N–H and O–H groups in total. The number of nitrogens with zero attached hydrogens (tertiary/aromatic N) is 2. The summed E-state index contributed by atoms with van der Waals surface area (Å²) in [6.07, 6.45) is 2.14. The van der Waals surface area contributed by atoms with Crippen LogP contribution in [-0.2, 0) is 10.0 Å². The van der Waals surface area contributed by atoms with E-state index in [1.807, 2.05) is 0 Å². The molecule has 0 saturated carbocycles. The predicted molar refractivity (Wildman–Crippen MR) is 67.6 cm³/mol. The van der Waals surface area contributed by atoms with Gasteiger partial charge in [0, 0.05) is 17.2 Å². The van der Waals surface area contributed by atoms with E-state index < -0.39 is 10.0 Å². The number of sulfonamides is 1. The lowest BCUT2D eigenvalue weighted by molar-refractivity contribution is 0.580. The normalized spacial score (nSPS) is 11.0. The molecule has 86 valence electrons. The summed E-state index contributed by atoms with van der Waals surface area (Å²) in [5.41, 5.74) is -0.0792. The maximum atomic E-state index is 11.8. The molecule has 1 aromatic rings. The van der Waals surface area contributed by atoms with Gasteiger partial charge >= 0.3 is 0 Å². The molecule has 0 amide bonds. The molecule has 0 fully saturated rings. The Balaban J connectivity index is 2.95. The van der Waals surface area contributed by atoms with Crippen LogP contribution in [0.1, 0.15) is 12.1 Å². The fourth-order valence-corrected chi connectivity index (χ4v) is 2.60. The van der Waals surface area contributed by atoms with Gasteiger partial charge in [-0.05, 0) is 18.6 Å². The van der Waals surface area contributed by atoms with E-state index in [9.17, 15) is 8.42 Å². The number of hydrogen-bond donors (Lipinski definition) is 1. The average Bonchev–Trinajstić information content (AvgIpc) is 2.29. The molecule has 0 unspecified atom stereocenters. The number of rotatable bonds is 5. The first kappa shape index (κ1) is 13.3. The van der Waals surface area contributed by atoms with Crippen LogP contribution in [0.15, 0.2) is 23.2 Å². The third kappa shape index (κ3) is 3.40. The second-order valence-corrected chi connectivity index (χ2v) is 5.72. The van der Waals surface area contributed by atoms with Crippen LogP contribution in [0.3, 0.4) is 0 Å². The van der Waals surface area contributed by atoms with Crippen molar-refractivity contribution < 1.29 is 8.42 Å². The van der Waals surface area contributed by atoms with Gasteiger partial charge in [-0.3, -0.25) is 0 Å². The average molecular weight is 351 g/mol. The summed E-state index contributed by atoms with van der Waals surface area (Å²) in [6, 6.07) is 4.63. The van der Waals surface area contributed by atoms with Crippen LogP contribution in [0.5, 0.6) is 0 Å². The highest BCUT2D eigenvalue weighted by Gasteiger charge is 2.18. The largest absolute Gasteiger partial charge is 0.244 e. The Morgan fingerprint density at radius 2 is 2.31 bits per heavy atom. The van der Waals surface area contributed by atoms with E-state index in [1.165, 1.54) is 18.3 Å². The lowest BCUT2D eigenvalue weighted by atomic mass is 10.4. The van der Waals surface area contributed by atoms with Crippen LogP contribution in [0.4, 0.5) is 0 Å². The smallest absolute Gasteiger partial charge is 0.243 e. The zero-order chi connectivity index (χ0) is 12.0. The number of aromatic nitrogens is 1. The van der Waals surface area contributed by atoms with Crippen LogP contribution in [0.2, 0.25) is 0 Å². The van der Waals surface area contributed by atoms with Crippen LogP contribution in [-0.4, -0.2) is 24.4 Å². The number of hydrogen-bond acceptors (Lipinski definition) is 4. The van der Waals surface area contributed by atoms with Crippen molar-refractivity contribution in [2.75, 3.05) is 11.0 Å². The van der Waals surface area contributed by atoms with Crippen LogP contribution < -0.4 is 4.72 Å². The fraction of sp³-hybridized carbons (Fsp3) is 0.333. The second kappa shape index (κ2) is 6.12. The van der Waals surface area contributed by atoms with Crippen molar-refractivity contribution in [2.45, 2.75) is 11.3 Å². The molecule has 0 bridgehead atoms. The number of nitriles is 1. The van der Waals surface area contributed by atoms with Crippen molar-refractivity contribution in [1.29, 1.82) is 5.26 Å². The molecule has 7 heteroatoms. The molecule has 1 heterocycles. The third-order valence-corrected chi connectivity index (χ3v) is 4.02. The van der Waals surface area contributed by atoms with Gasteiger partial charge in [-0.2, -0.15) is 5.26 Å². The summed E-state index contributed by atoms with van der Waals surface area (Å²) < 4.78 is 26.9. The number of nitrogens with one attached hydrogen (secondary N) is 1. The molecule has 0 aliphatic heterocycles. The molecule has 0 radical (unpaired) electrons. The van der Waals surface area contributed by atoms with E-state index in [2.05, 4.69) is 32.3 Å². The first-order valence-corrected chi connectivity index (χ1v) is 7.53. The summed E-state index contributed by atoms with van der Waals surface area (Å²) in [5, 5.41) is 8.75. The van der Waals surface area contributed by atoms with Crippen molar-refractivity contribution in [1.82, 2.24) is 9.71 Å². The Kier molecular flexibility index (Phi) is 5.11. The molecule has 1 aromatic heterocycles. The van der Waals surface area contributed by atoms with E-state index in [1.54, 1.807) is 6.07 Å². The van der Waals surface area contributed by atoms with Crippen LogP contribution >= 0.6 is 22.6 Å². The molecule has 0 aliphatic rings. The maximum Gasteiger partial charge on any atom is 0.243 e. The van der Waals surface area contributed by atoms with E-state index >= 15 is 0 Å². The maximum absolute atomic E-state index is 11.8. The van der Waals surface area contributed by atoms with Gasteiger partial charge in [-0.25, -0.2) is 18.1 Å². The Morgan fingerprint density at radius 3 is 2.94 bits per heavy atom. The summed E-state index contributed by atoms with van der Waals surface area (Å²) in [5.74, 6) is 0. The van der Waals surface area contributed by atoms with Gasteiger partial charge in [0.25, 0.3) is 0 Å². The van der Waals surface area contributed by atoms with Gasteiger partial charge in [0.2, 0.25) is 10.0 Å². The molecular formula is C9H10IN3O2S. The fourth-order valence-electron chi connectivity index (χ4n) is 1.04.